The van der Waals surface area contributed by atoms with Gasteiger partial charge in [0.25, 0.3) is 0 Å². The van der Waals surface area contributed by atoms with E-state index in [2.05, 4.69) is 32.7 Å². The molecule has 0 spiro atoms. The zero-order valence-electron chi connectivity index (χ0n) is 8.89. The van der Waals surface area contributed by atoms with Gasteiger partial charge in [-0.05, 0) is 27.8 Å². The van der Waals surface area contributed by atoms with Crippen LogP contribution in [0.4, 0.5) is 0 Å². The molecule has 12 heavy (non-hydrogen) atoms. The Hall–Kier alpha value is -0.120. The molecule has 0 aromatic heterocycles. The fraction of sp³-hybridized carbons (Fsp3) is 1.00. The molecule has 3 nitrogen and oxygen atoms in total. The fourth-order valence-corrected chi connectivity index (χ4v) is 0.679. The van der Waals surface area contributed by atoms with Crippen molar-refractivity contribution < 1.29 is 9.47 Å². The summed E-state index contributed by atoms with van der Waals surface area (Å²) in [7, 11) is 3.73. The van der Waals surface area contributed by atoms with Gasteiger partial charge >= 0.3 is 0 Å². The molecule has 0 aliphatic carbocycles. The van der Waals surface area contributed by atoms with Crippen LogP contribution in [0.3, 0.4) is 0 Å². The lowest BCUT2D eigenvalue weighted by atomic mass is 10.1. The molecular formula is C9H21NO2. The summed E-state index contributed by atoms with van der Waals surface area (Å²) in [5, 5.41) is 0. The van der Waals surface area contributed by atoms with Crippen LogP contribution in [0.5, 0.6) is 0 Å². The van der Waals surface area contributed by atoms with E-state index in [1.54, 1.807) is 7.11 Å². The lowest BCUT2D eigenvalue weighted by Gasteiger charge is -2.31. The third-order valence-electron chi connectivity index (χ3n) is 1.92. The first-order valence-corrected chi connectivity index (χ1v) is 4.26. The van der Waals surface area contributed by atoms with Gasteiger partial charge in [-0.25, -0.2) is 0 Å². The zero-order chi connectivity index (χ0) is 9.61. The third kappa shape index (κ3) is 5.52. The Balaban J connectivity index is 3.38. The van der Waals surface area contributed by atoms with Crippen molar-refractivity contribution in [2.45, 2.75) is 26.3 Å². The Morgan fingerprint density at radius 1 is 1.25 bits per heavy atom. The fourth-order valence-electron chi connectivity index (χ4n) is 0.679. The number of ether oxygens (including phenoxy) is 2. The molecule has 0 rings (SSSR count). The standard InChI is InChI=1S/C9H21NO2/c1-9(2,3)10(4)6-7-12-8-11-5/h6-8H2,1-5H3. The predicted octanol–water partition coefficient (Wildman–Crippen LogP) is 1.34. The first-order valence-electron chi connectivity index (χ1n) is 4.26. The first-order chi connectivity index (χ1) is 5.48. The van der Waals surface area contributed by atoms with Gasteiger partial charge in [-0.1, -0.05) is 0 Å². The molecular weight excluding hydrogens is 154 g/mol. The van der Waals surface area contributed by atoms with Crippen LogP contribution in [0.1, 0.15) is 20.8 Å². The van der Waals surface area contributed by atoms with Gasteiger partial charge in [-0.15, -0.1) is 0 Å². The van der Waals surface area contributed by atoms with Gasteiger partial charge in [0.1, 0.15) is 6.79 Å². The van der Waals surface area contributed by atoms with E-state index in [0.29, 0.717) is 6.79 Å². The molecule has 0 aliphatic rings. The molecule has 0 aromatic rings. The number of methoxy groups -OCH3 is 1. The van der Waals surface area contributed by atoms with Crippen LogP contribution in [0.25, 0.3) is 0 Å². The van der Waals surface area contributed by atoms with Gasteiger partial charge in [0, 0.05) is 19.2 Å². The summed E-state index contributed by atoms with van der Waals surface area (Å²) < 4.78 is 9.95. The zero-order valence-corrected chi connectivity index (χ0v) is 8.89. The van der Waals surface area contributed by atoms with Crippen molar-refractivity contribution in [1.29, 1.82) is 0 Å². The quantitative estimate of drug-likeness (QED) is 0.465. The predicted molar refractivity (Wildman–Crippen MR) is 50.2 cm³/mol. The Labute approximate surface area is 75.6 Å². The van der Waals surface area contributed by atoms with Crippen LogP contribution in [0, 0.1) is 0 Å². The molecule has 0 unspecified atom stereocenters. The second-order valence-corrected chi connectivity index (χ2v) is 3.91. The molecule has 0 aromatic carbocycles. The highest BCUT2D eigenvalue weighted by Gasteiger charge is 2.15. The summed E-state index contributed by atoms with van der Waals surface area (Å²) in [4.78, 5) is 2.25. The molecule has 0 heterocycles. The lowest BCUT2D eigenvalue weighted by molar-refractivity contribution is -0.0400. The maximum absolute atomic E-state index is 5.18. The number of hydrogen-bond acceptors (Lipinski definition) is 3. The first kappa shape index (κ1) is 11.9. The smallest absolute Gasteiger partial charge is 0.146 e. The van der Waals surface area contributed by atoms with E-state index in [9.17, 15) is 0 Å². The SMILES string of the molecule is COCOCCN(C)C(C)(C)C. The van der Waals surface area contributed by atoms with E-state index in [1.165, 1.54) is 0 Å². The van der Waals surface area contributed by atoms with Gasteiger partial charge in [0.15, 0.2) is 0 Å². The number of likely N-dealkylation sites (N-methyl/N-ethyl adjacent to an activating group) is 1. The van der Waals surface area contributed by atoms with Crippen molar-refractivity contribution in [3.63, 3.8) is 0 Å². The summed E-state index contributed by atoms with van der Waals surface area (Å²) in [5.41, 5.74) is 0.219. The van der Waals surface area contributed by atoms with Crippen molar-refractivity contribution in [2.75, 3.05) is 34.1 Å². The van der Waals surface area contributed by atoms with Crippen LogP contribution in [-0.4, -0.2) is 44.5 Å². The minimum absolute atomic E-state index is 0.219. The van der Waals surface area contributed by atoms with Crippen molar-refractivity contribution >= 4 is 0 Å². The second-order valence-electron chi connectivity index (χ2n) is 3.91. The highest BCUT2D eigenvalue weighted by molar-refractivity contribution is 4.71. The molecule has 0 saturated heterocycles. The molecule has 0 radical (unpaired) electrons. The van der Waals surface area contributed by atoms with E-state index in [4.69, 9.17) is 9.47 Å². The summed E-state index contributed by atoms with van der Waals surface area (Å²) >= 11 is 0. The molecule has 0 saturated carbocycles. The number of nitrogens with zero attached hydrogens (tertiary/aromatic N) is 1. The molecule has 3 heteroatoms. The maximum Gasteiger partial charge on any atom is 0.146 e. The molecule has 0 amide bonds. The average Bonchev–Trinajstić information content (AvgIpc) is 1.96. The van der Waals surface area contributed by atoms with Crippen LogP contribution in [-0.2, 0) is 9.47 Å². The molecule has 0 atom stereocenters. The third-order valence-corrected chi connectivity index (χ3v) is 1.92. The van der Waals surface area contributed by atoms with Crippen molar-refractivity contribution in [3.05, 3.63) is 0 Å². The van der Waals surface area contributed by atoms with Gasteiger partial charge in [-0.3, -0.25) is 4.90 Å². The topological polar surface area (TPSA) is 21.7 Å². The summed E-state index contributed by atoms with van der Waals surface area (Å²) in [6.45, 7) is 8.60. The highest BCUT2D eigenvalue weighted by atomic mass is 16.7. The Morgan fingerprint density at radius 3 is 2.25 bits per heavy atom. The van der Waals surface area contributed by atoms with Crippen LogP contribution < -0.4 is 0 Å². The molecule has 0 aliphatic heterocycles. The Bertz CT molecular complexity index is 110. The maximum atomic E-state index is 5.18. The van der Waals surface area contributed by atoms with Crippen LogP contribution >= 0.6 is 0 Å². The van der Waals surface area contributed by atoms with Crippen LogP contribution in [0.15, 0.2) is 0 Å². The van der Waals surface area contributed by atoms with Gasteiger partial charge in [0.2, 0.25) is 0 Å². The van der Waals surface area contributed by atoms with E-state index < -0.39 is 0 Å². The average molecular weight is 175 g/mol. The van der Waals surface area contributed by atoms with E-state index >= 15 is 0 Å². The van der Waals surface area contributed by atoms with E-state index in [0.717, 1.165) is 13.2 Å². The Morgan fingerprint density at radius 2 is 1.83 bits per heavy atom. The van der Waals surface area contributed by atoms with E-state index in [1.807, 2.05) is 0 Å². The van der Waals surface area contributed by atoms with Crippen molar-refractivity contribution in [2.24, 2.45) is 0 Å². The molecule has 0 N–H and O–H groups in total. The van der Waals surface area contributed by atoms with E-state index in [-0.39, 0.29) is 5.54 Å². The summed E-state index contributed by atoms with van der Waals surface area (Å²) in [6.07, 6.45) is 0. The molecule has 0 fully saturated rings. The van der Waals surface area contributed by atoms with Crippen molar-refractivity contribution in [3.8, 4) is 0 Å². The normalized spacial score (nSPS) is 12.5. The van der Waals surface area contributed by atoms with Gasteiger partial charge in [-0.2, -0.15) is 0 Å². The van der Waals surface area contributed by atoms with Gasteiger partial charge in [0.05, 0.1) is 6.61 Å². The monoisotopic (exact) mass is 175 g/mol. The molecule has 0 bridgehead atoms. The second kappa shape index (κ2) is 5.51. The summed E-state index contributed by atoms with van der Waals surface area (Å²) in [6, 6.07) is 0. The number of hydrogen-bond donors (Lipinski definition) is 0. The summed E-state index contributed by atoms with van der Waals surface area (Å²) in [5.74, 6) is 0. The lowest BCUT2D eigenvalue weighted by Crippen LogP contribution is -2.40. The minimum atomic E-state index is 0.219. The highest BCUT2D eigenvalue weighted by Crippen LogP contribution is 2.08. The minimum Gasteiger partial charge on any atom is -0.359 e. The van der Waals surface area contributed by atoms with Crippen molar-refractivity contribution in [1.82, 2.24) is 4.90 Å². The largest absolute Gasteiger partial charge is 0.359 e. The Kier molecular flexibility index (Phi) is 5.46. The molecule has 74 valence electrons. The van der Waals surface area contributed by atoms with Crippen LogP contribution in [0.2, 0.25) is 0 Å². The number of rotatable bonds is 5. The van der Waals surface area contributed by atoms with Gasteiger partial charge < -0.3 is 9.47 Å².